The molecule has 1 aromatic rings. The number of hydrogen-bond donors (Lipinski definition) is 0. The highest BCUT2D eigenvalue weighted by Gasteiger charge is 2.02. The van der Waals surface area contributed by atoms with Crippen LogP contribution in [0.4, 0.5) is 0 Å². The van der Waals surface area contributed by atoms with Crippen molar-refractivity contribution in [1.29, 1.82) is 0 Å². The van der Waals surface area contributed by atoms with Crippen molar-refractivity contribution in [3.8, 4) is 0 Å². The third kappa shape index (κ3) is 2.50. The molecular weight excluding hydrogens is 156 g/mol. The van der Waals surface area contributed by atoms with E-state index in [1.165, 1.54) is 0 Å². The average molecular weight is 168 g/mol. The first-order chi connectivity index (χ1) is 5.20. The zero-order chi connectivity index (χ0) is 8.27. The molecule has 11 heavy (non-hydrogen) atoms. The molecule has 0 spiro atoms. The summed E-state index contributed by atoms with van der Waals surface area (Å²) in [5.74, 6) is 0. The van der Waals surface area contributed by atoms with E-state index in [2.05, 4.69) is 23.8 Å². The number of hydrogen-bond acceptors (Lipinski definition) is 3. The number of thioether (sulfide) groups is 1. The third-order valence-electron chi connectivity index (χ3n) is 1.18. The highest BCUT2D eigenvalue weighted by molar-refractivity contribution is 7.99. The van der Waals surface area contributed by atoms with Crippen LogP contribution >= 0.6 is 11.8 Å². The molecule has 0 atom stereocenters. The molecule has 0 aromatic carbocycles. The first-order valence-corrected chi connectivity index (χ1v) is 4.52. The van der Waals surface area contributed by atoms with Crippen molar-refractivity contribution in [3.05, 3.63) is 18.1 Å². The standard InChI is InChI=1S/C8H12N2S/c1-6(2)11-8-7(3)9-4-5-10-8/h4-6H,1-3H3. The molecule has 0 amide bonds. The lowest BCUT2D eigenvalue weighted by Crippen LogP contribution is -1.93. The van der Waals surface area contributed by atoms with Crippen LogP contribution in [0.5, 0.6) is 0 Å². The van der Waals surface area contributed by atoms with Crippen LogP contribution < -0.4 is 0 Å². The smallest absolute Gasteiger partial charge is 0.117 e. The molecule has 0 aliphatic heterocycles. The van der Waals surface area contributed by atoms with Gasteiger partial charge in [0.1, 0.15) is 5.03 Å². The van der Waals surface area contributed by atoms with Gasteiger partial charge in [-0.05, 0) is 6.92 Å². The second-order valence-electron chi connectivity index (χ2n) is 2.61. The average Bonchev–Trinajstić information content (AvgIpc) is 1.93. The second kappa shape index (κ2) is 3.72. The van der Waals surface area contributed by atoms with Crippen molar-refractivity contribution < 1.29 is 0 Å². The zero-order valence-corrected chi connectivity index (χ0v) is 7.85. The Labute approximate surface area is 71.5 Å². The van der Waals surface area contributed by atoms with Gasteiger partial charge in [-0.1, -0.05) is 13.8 Å². The molecule has 0 radical (unpaired) electrons. The Kier molecular flexibility index (Phi) is 2.88. The lowest BCUT2D eigenvalue weighted by Gasteiger charge is -2.04. The van der Waals surface area contributed by atoms with Gasteiger partial charge in [-0.2, -0.15) is 0 Å². The molecule has 0 fully saturated rings. The SMILES string of the molecule is Cc1nccnc1SC(C)C. The summed E-state index contributed by atoms with van der Waals surface area (Å²) in [5, 5.41) is 1.62. The molecule has 1 heterocycles. The number of rotatable bonds is 2. The molecule has 3 heteroatoms. The maximum Gasteiger partial charge on any atom is 0.117 e. The van der Waals surface area contributed by atoms with Crippen LogP contribution in [-0.2, 0) is 0 Å². The van der Waals surface area contributed by atoms with Gasteiger partial charge in [-0.25, -0.2) is 4.98 Å². The molecule has 1 rings (SSSR count). The van der Waals surface area contributed by atoms with Crippen molar-refractivity contribution in [3.63, 3.8) is 0 Å². The Bertz CT molecular complexity index is 235. The van der Waals surface area contributed by atoms with Crippen LogP contribution in [0, 0.1) is 6.92 Å². The van der Waals surface area contributed by atoms with Gasteiger partial charge >= 0.3 is 0 Å². The van der Waals surface area contributed by atoms with Crippen molar-refractivity contribution in [1.82, 2.24) is 9.97 Å². The highest BCUT2D eigenvalue weighted by atomic mass is 32.2. The van der Waals surface area contributed by atoms with Gasteiger partial charge < -0.3 is 0 Å². The second-order valence-corrected chi connectivity index (χ2v) is 4.18. The predicted molar refractivity (Wildman–Crippen MR) is 47.8 cm³/mol. The van der Waals surface area contributed by atoms with Crippen LogP contribution in [0.2, 0.25) is 0 Å². The Balaban J connectivity index is 2.78. The molecule has 2 nitrogen and oxygen atoms in total. The maximum absolute atomic E-state index is 4.22. The Morgan fingerprint density at radius 2 is 1.91 bits per heavy atom. The lowest BCUT2D eigenvalue weighted by atomic mass is 10.5. The number of aromatic nitrogens is 2. The number of nitrogens with zero attached hydrogens (tertiary/aromatic N) is 2. The molecule has 0 saturated carbocycles. The van der Waals surface area contributed by atoms with Crippen LogP contribution in [0.15, 0.2) is 17.4 Å². The fraction of sp³-hybridized carbons (Fsp3) is 0.500. The van der Waals surface area contributed by atoms with Gasteiger partial charge in [-0.15, -0.1) is 11.8 Å². The van der Waals surface area contributed by atoms with Gasteiger partial charge in [0, 0.05) is 17.6 Å². The molecule has 0 aliphatic carbocycles. The Morgan fingerprint density at radius 1 is 1.27 bits per heavy atom. The van der Waals surface area contributed by atoms with Gasteiger partial charge in [0.25, 0.3) is 0 Å². The molecule has 0 bridgehead atoms. The number of aryl methyl sites for hydroxylation is 1. The van der Waals surface area contributed by atoms with Crippen molar-refractivity contribution in [2.24, 2.45) is 0 Å². The van der Waals surface area contributed by atoms with Gasteiger partial charge in [0.15, 0.2) is 0 Å². The Morgan fingerprint density at radius 3 is 2.45 bits per heavy atom. The molecule has 0 N–H and O–H groups in total. The minimum absolute atomic E-state index is 0.574. The largest absolute Gasteiger partial charge is 0.257 e. The van der Waals surface area contributed by atoms with Crippen molar-refractivity contribution >= 4 is 11.8 Å². The van der Waals surface area contributed by atoms with E-state index in [1.54, 1.807) is 24.2 Å². The summed E-state index contributed by atoms with van der Waals surface area (Å²) in [7, 11) is 0. The van der Waals surface area contributed by atoms with Gasteiger partial charge in [-0.3, -0.25) is 4.98 Å². The van der Waals surface area contributed by atoms with Crippen LogP contribution in [-0.4, -0.2) is 15.2 Å². The first-order valence-electron chi connectivity index (χ1n) is 3.64. The summed E-state index contributed by atoms with van der Waals surface area (Å²) in [6, 6.07) is 0. The summed E-state index contributed by atoms with van der Waals surface area (Å²) in [6.45, 7) is 6.29. The topological polar surface area (TPSA) is 25.8 Å². The Hall–Kier alpha value is -0.570. The zero-order valence-electron chi connectivity index (χ0n) is 7.03. The van der Waals surface area contributed by atoms with Crippen LogP contribution in [0.1, 0.15) is 19.5 Å². The van der Waals surface area contributed by atoms with E-state index in [9.17, 15) is 0 Å². The quantitative estimate of drug-likeness (QED) is 0.634. The summed E-state index contributed by atoms with van der Waals surface area (Å²) in [6.07, 6.45) is 3.46. The summed E-state index contributed by atoms with van der Waals surface area (Å²) >= 11 is 1.75. The lowest BCUT2D eigenvalue weighted by molar-refractivity contribution is 0.974. The molecule has 1 aromatic heterocycles. The molecule has 60 valence electrons. The van der Waals surface area contributed by atoms with E-state index in [1.807, 2.05) is 6.92 Å². The molecule has 0 aliphatic rings. The first kappa shape index (κ1) is 8.53. The maximum atomic E-state index is 4.22. The van der Waals surface area contributed by atoms with E-state index in [0.29, 0.717) is 5.25 Å². The van der Waals surface area contributed by atoms with Gasteiger partial charge in [0.2, 0.25) is 0 Å². The molecule has 0 saturated heterocycles. The normalized spacial score (nSPS) is 10.5. The van der Waals surface area contributed by atoms with E-state index in [-0.39, 0.29) is 0 Å². The minimum Gasteiger partial charge on any atom is -0.257 e. The fourth-order valence-corrected chi connectivity index (χ4v) is 1.53. The van der Waals surface area contributed by atoms with E-state index < -0.39 is 0 Å². The summed E-state index contributed by atoms with van der Waals surface area (Å²) in [4.78, 5) is 8.37. The van der Waals surface area contributed by atoms with Crippen molar-refractivity contribution in [2.75, 3.05) is 0 Å². The highest BCUT2D eigenvalue weighted by Crippen LogP contribution is 2.21. The summed E-state index contributed by atoms with van der Waals surface area (Å²) in [5.41, 5.74) is 1.02. The molecular formula is C8H12N2S. The fourth-order valence-electron chi connectivity index (χ4n) is 0.734. The summed E-state index contributed by atoms with van der Waals surface area (Å²) < 4.78 is 0. The minimum atomic E-state index is 0.574. The van der Waals surface area contributed by atoms with E-state index in [4.69, 9.17) is 0 Å². The monoisotopic (exact) mass is 168 g/mol. The van der Waals surface area contributed by atoms with Crippen LogP contribution in [0.3, 0.4) is 0 Å². The molecule has 0 unspecified atom stereocenters. The van der Waals surface area contributed by atoms with E-state index in [0.717, 1.165) is 10.7 Å². The van der Waals surface area contributed by atoms with Crippen LogP contribution in [0.25, 0.3) is 0 Å². The van der Waals surface area contributed by atoms with Crippen molar-refractivity contribution in [2.45, 2.75) is 31.0 Å². The third-order valence-corrected chi connectivity index (χ3v) is 2.28. The predicted octanol–water partition coefficient (Wildman–Crippen LogP) is 2.29. The van der Waals surface area contributed by atoms with E-state index >= 15 is 0 Å². The van der Waals surface area contributed by atoms with Gasteiger partial charge in [0.05, 0.1) is 5.69 Å².